The minimum atomic E-state index is -2.44. The summed E-state index contributed by atoms with van der Waals surface area (Å²) in [6, 6.07) is 0.175. The number of rotatable bonds is 5. The lowest BCUT2D eigenvalue weighted by Crippen LogP contribution is -2.15. The van der Waals surface area contributed by atoms with Crippen molar-refractivity contribution < 1.29 is 8.78 Å². The Balaban J connectivity index is 2.22. The van der Waals surface area contributed by atoms with Crippen molar-refractivity contribution in [1.82, 2.24) is 15.1 Å². The molecule has 5 heteroatoms. The van der Waals surface area contributed by atoms with Gasteiger partial charge in [0, 0.05) is 12.1 Å². The van der Waals surface area contributed by atoms with Crippen molar-refractivity contribution in [2.24, 2.45) is 0 Å². The van der Waals surface area contributed by atoms with Crippen molar-refractivity contribution >= 4 is 0 Å². The quantitative estimate of drug-likeness (QED) is 0.861. The van der Waals surface area contributed by atoms with E-state index in [1.807, 2.05) is 6.92 Å². The zero-order chi connectivity index (χ0) is 12.3. The highest BCUT2D eigenvalue weighted by molar-refractivity contribution is 5.19. The fourth-order valence-corrected chi connectivity index (χ4v) is 2.48. The summed E-state index contributed by atoms with van der Waals surface area (Å²) in [5, 5.41) is 7.25. The van der Waals surface area contributed by atoms with E-state index in [1.165, 1.54) is 0 Å². The molecular formula is C12H19F2N3. The van der Waals surface area contributed by atoms with Crippen LogP contribution in [0.4, 0.5) is 8.78 Å². The first kappa shape index (κ1) is 12.5. The van der Waals surface area contributed by atoms with Gasteiger partial charge in [-0.15, -0.1) is 0 Å². The largest absolute Gasteiger partial charge is 0.313 e. The summed E-state index contributed by atoms with van der Waals surface area (Å²) in [6.45, 7) is 3.21. The molecule has 1 heterocycles. The third kappa shape index (κ3) is 2.65. The summed E-state index contributed by atoms with van der Waals surface area (Å²) in [6.07, 6.45) is 3.34. The van der Waals surface area contributed by atoms with E-state index in [1.54, 1.807) is 10.9 Å². The van der Waals surface area contributed by atoms with Gasteiger partial charge in [0.15, 0.2) is 0 Å². The van der Waals surface area contributed by atoms with E-state index in [0.717, 1.165) is 32.2 Å². The van der Waals surface area contributed by atoms with Gasteiger partial charge in [0.1, 0.15) is 5.69 Å². The van der Waals surface area contributed by atoms with Crippen molar-refractivity contribution in [3.8, 4) is 0 Å². The highest BCUT2D eigenvalue weighted by atomic mass is 19.3. The maximum Gasteiger partial charge on any atom is 0.280 e. The molecule has 3 nitrogen and oxygen atoms in total. The van der Waals surface area contributed by atoms with E-state index in [0.29, 0.717) is 12.1 Å². The molecular weight excluding hydrogens is 224 g/mol. The summed E-state index contributed by atoms with van der Waals surface area (Å²) < 4.78 is 27.8. The van der Waals surface area contributed by atoms with Gasteiger partial charge in [-0.1, -0.05) is 19.8 Å². The van der Waals surface area contributed by atoms with Gasteiger partial charge in [-0.3, -0.25) is 4.68 Å². The van der Waals surface area contributed by atoms with Gasteiger partial charge in [0.2, 0.25) is 0 Å². The second-order valence-corrected chi connectivity index (χ2v) is 4.52. The SMILES string of the molecule is CCNCc1cnn(C2CCCC2)c1C(F)F. The van der Waals surface area contributed by atoms with Gasteiger partial charge >= 0.3 is 0 Å². The molecule has 1 fully saturated rings. The Morgan fingerprint density at radius 2 is 2.18 bits per heavy atom. The van der Waals surface area contributed by atoms with Crippen LogP contribution in [0.25, 0.3) is 0 Å². The number of nitrogens with zero attached hydrogens (tertiary/aromatic N) is 2. The number of alkyl halides is 2. The highest BCUT2D eigenvalue weighted by Gasteiger charge is 2.26. The van der Waals surface area contributed by atoms with Crippen LogP contribution in [-0.4, -0.2) is 16.3 Å². The second kappa shape index (κ2) is 5.58. The minimum absolute atomic E-state index is 0.109. The number of hydrogen-bond acceptors (Lipinski definition) is 2. The average molecular weight is 243 g/mol. The molecule has 1 aromatic rings. The molecule has 0 unspecified atom stereocenters. The molecule has 0 spiro atoms. The smallest absolute Gasteiger partial charge is 0.280 e. The minimum Gasteiger partial charge on any atom is -0.313 e. The zero-order valence-electron chi connectivity index (χ0n) is 10.1. The summed E-state index contributed by atoms with van der Waals surface area (Å²) in [7, 11) is 0. The predicted molar refractivity (Wildman–Crippen MR) is 62.1 cm³/mol. The van der Waals surface area contributed by atoms with E-state index >= 15 is 0 Å². The van der Waals surface area contributed by atoms with E-state index in [-0.39, 0.29) is 11.7 Å². The lowest BCUT2D eigenvalue weighted by atomic mass is 10.2. The van der Waals surface area contributed by atoms with Gasteiger partial charge in [0.25, 0.3) is 6.43 Å². The molecule has 96 valence electrons. The van der Waals surface area contributed by atoms with E-state index < -0.39 is 6.43 Å². The van der Waals surface area contributed by atoms with Crippen LogP contribution in [0.5, 0.6) is 0 Å². The summed E-state index contributed by atoms with van der Waals surface area (Å²) in [5.74, 6) is 0. The van der Waals surface area contributed by atoms with E-state index in [9.17, 15) is 8.78 Å². The molecule has 0 aromatic carbocycles. The van der Waals surface area contributed by atoms with Crippen molar-refractivity contribution in [1.29, 1.82) is 0 Å². The van der Waals surface area contributed by atoms with E-state index in [2.05, 4.69) is 10.4 Å². The summed E-state index contributed by atoms with van der Waals surface area (Å²) >= 11 is 0. The Labute approximate surface area is 100 Å². The molecule has 2 rings (SSSR count). The summed E-state index contributed by atoms with van der Waals surface area (Å²) in [4.78, 5) is 0. The second-order valence-electron chi connectivity index (χ2n) is 4.52. The van der Waals surface area contributed by atoms with Crippen molar-refractivity contribution in [3.63, 3.8) is 0 Å². The molecule has 0 saturated heterocycles. The zero-order valence-corrected chi connectivity index (χ0v) is 10.1. The Morgan fingerprint density at radius 3 is 2.76 bits per heavy atom. The lowest BCUT2D eigenvalue weighted by Gasteiger charge is -2.14. The topological polar surface area (TPSA) is 29.9 Å². The molecule has 1 aromatic heterocycles. The Hall–Kier alpha value is -0.970. The third-order valence-electron chi connectivity index (χ3n) is 3.36. The maximum absolute atomic E-state index is 13.1. The number of halogens is 2. The molecule has 0 aliphatic heterocycles. The molecule has 0 radical (unpaired) electrons. The molecule has 1 aliphatic carbocycles. The summed E-state index contributed by atoms with van der Waals surface area (Å²) in [5.41, 5.74) is 0.742. The highest BCUT2D eigenvalue weighted by Crippen LogP contribution is 2.33. The number of aromatic nitrogens is 2. The normalized spacial score (nSPS) is 17.2. The van der Waals surface area contributed by atoms with Crippen LogP contribution in [0.2, 0.25) is 0 Å². The first-order chi connectivity index (χ1) is 8.24. The first-order valence-electron chi connectivity index (χ1n) is 6.29. The van der Waals surface area contributed by atoms with Crippen LogP contribution in [0, 0.1) is 0 Å². The monoisotopic (exact) mass is 243 g/mol. The predicted octanol–water partition coefficient (Wildman–Crippen LogP) is 3.05. The van der Waals surface area contributed by atoms with Crippen LogP contribution >= 0.6 is 0 Å². The van der Waals surface area contributed by atoms with Crippen LogP contribution in [0.15, 0.2) is 6.20 Å². The Bertz CT molecular complexity index is 357. The van der Waals surface area contributed by atoms with Crippen molar-refractivity contribution in [2.75, 3.05) is 6.54 Å². The van der Waals surface area contributed by atoms with Crippen LogP contribution in [-0.2, 0) is 6.54 Å². The van der Waals surface area contributed by atoms with Crippen molar-refractivity contribution in [3.05, 3.63) is 17.5 Å². The Morgan fingerprint density at radius 1 is 1.47 bits per heavy atom. The molecule has 0 atom stereocenters. The molecule has 1 saturated carbocycles. The average Bonchev–Trinajstić information content (AvgIpc) is 2.94. The number of nitrogens with one attached hydrogen (secondary N) is 1. The van der Waals surface area contributed by atoms with Crippen molar-refractivity contribution in [2.45, 2.75) is 51.6 Å². The van der Waals surface area contributed by atoms with Gasteiger partial charge in [-0.2, -0.15) is 5.10 Å². The van der Waals surface area contributed by atoms with Gasteiger partial charge < -0.3 is 5.32 Å². The fraction of sp³-hybridized carbons (Fsp3) is 0.750. The molecule has 1 aliphatic rings. The fourth-order valence-electron chi connectivity index (χ4n) is 2.48. The Kier molecular flexibility index (Phi) is 4.10. The van der Waals surface area contributed by atoms with E-state index in [4.69, 9.17) is 0 Å². The number of hydrogen-bond donors (Lipinski definition) is 1. The first-order valence-corrected chi connectivity index (χ1v) is 6.29. The molecule has 0 amide bonds. The van der Waals surface area contributed by atoms with Gasteiger partial charge in [-0.05, 0) is 19.4 Å². The standard InChI is InChI=1S/C12H19F2N3/c1-2-15-7-9-8-16-17(11(9)12(13)14)10-5-3-4-6-10/h8,10,12,15H,2-7H2,1H3. The lowest BCUT2D eigenvalue weighted by molar-refractivity contribution is 0.134. The third-order valence-corrected chi connectivity index (χ3v) is 3.36. The van der Waals surface area contributed by atoms with Gasteiger partial charge in [-0.25, -0.2) is 8.78 Å². The molecule has 1 N–H and O–H groups in total. The van der Waals surface area contributed by atoms with Crippen LogP contribution in [0.3, 0.4) is 0 Å². The molecule has 0 bridgehead atoms. The maximum atomic E-state index is 13.1. The van der Waals surface area contributed by atoms with Gasteiger partial charge in [0.05, 0.1) is 12.2 Å². The molecule has 17 heavy (non-hydrogen) atoms. The van der Waals surface area contributed by atoms with Crippen LogP contribution < -0.4 is 5.32 Å². The van der Waals surface area contributed by atoms with Crippen LogP contribution in [0.1, 0.15) is 56.3 Å².